The van der Waals surface area contributed by atoms with Crippen LogP contribution in [0.5, 0.6) is 0 Å². The second kappa shape index (κ2) is 9.55. The summed E-state index contributed by atoms with van der Waals surface area (Å²) in [6.07, 6.45) is 5.00. The van der Waals surface area contributed by atoms with Gasteiger partial charge in [-0.2, -0.15) is 10.2 Å². The van der Waals surface area contributed by atoms with Crippen molar-refractivity contribution < 1.29 is 0 Å². The average molecular weight is 486 g/mol. The Balaban J connectivity index is 1.50. The van der Waals surface area contributed by atoms with Gasteiger partial charge in [-0.3, -0.25) is 0 Å². The molecule has 2 aliphatic rings. The summed E-state index contributed by atoms with van der Waals surface area (Å²) in [4.78, 5) is 21.3. The monoisotopic (exact) mass is 485 g/mol. The normalized spacial score (nSPS) is 20.1. The van der Waals surface area contributed by atoms with Crippen molar-refractivity contribution in [3.05, 3.63) is 71.0 Å². The van der Waals surface area contributed by atoms with Gasteiger partial charge in [0.1, 0.15) is 11.6 Å². The highest BCUT2D eigenvalue weighted by Crippen LogP contribution is 2.33. The van der Waals surface area contributed by atoms with E-state index in [1.54, 1.807) is 6.20 Å². The lowest BCUT2D eigenvalue weighted by Gasteiger charge is -2.41. The Morgan fingerprint density at radius 2 is 1.86 bits per heavy atom. The zero-order valence-electron chi connectivity index (χ0n) is 20.2. The van der Waals surface area contributed by atoms with Crippen molar-refractivity contribution in [2.75, 3.05) is 34.3 Å². The van der Waals surface area contributed by atoms with Crippen molar-refractivity contribution in [1.29, 1.82) is 5.26 Å². The van der Waals surface area contributed by atoms with Crippen LogP contribution in [-0.2, 0) is 0 Å². The Labute approximate surface area is 211 Å². The Morgan fingerprint density at radius 3 is 2.51 bits per heavy atom. The number of hydrogen-bond acceptors (Lipinski definition) is 7. The standard InChI is InChI=1S/C27H28ClN7/c1-18-6-7-19(2)35(18)27-31-24(22-10-8-21(16-29)9-11-22)15-25(32-27)34-14-13-33(17-20(34)3)26-23(28)5-4-12-30-26/h4-6,8-12,15,19-20H,7,13-14,17H2,1-3H3/t19?,20-/m1/s1. The third-order valence-electron chi connectivity index (χ3n) is 6.76. The molecule has 1 saturated heterocycles. The van der Waals surface area contributed by atoms with Crippen LogP contribution in [0.15, 0.2) is 60.4 Å². The van der Waals surface area contributed by atoms with Crippen molar-refractivity contribution in [2.24, 2.45) is 0 Å². The molecule has 0 amide bonds. The van der Waals surface area contributed by atoms with Crippen LogP contribution >= 0.6 is 11.6 Å². The van der Waals surface area contributed by atoms with Gasteiger partial charge in [-0.15, -0.1) is 0 Å². The smallest absolute Gasteiger partial charge is 0.232 e. The first kappa shape index (κ1) is 23.1. The minimum Gasteiger partial charge on any atom is -0.352 e. The number of anilines is 3. The summed E-state index contributed by atoms with van der Waals surface area (Å²) in [5, 5.41) is 9.87. The van der Waals surface area contributed by atoms with Crippen LogP contribution in [0.4, 0.5) is 17.6 Å². The quantitative estimate of drug-likeness (QED) is 0.497. The Bertz CT molecular complexity index is 1300. The molecule has 7 nitrogen and oxygen atoms in total. The van der Waals surface area contributed by atoms with Crippen LogP contribution in [0.3, 0.4) is 0 Å². The maximum Gasteiger partial charge on any atom is 0.232 e. The van der Waals surface area contributed by atoms with Gasteiger partial charge in [0.2, 0.25) is 5.95 Å². The molecule has 5 rings (SSSR count). The summed E-state index contributed by atoms with van der Waals surface area (Å²) in [6, 6.07) is 16.1. The minimum atomic E-state index is 0.200. The lowest BCUT2D eigenvalue weighted by Crippen LogP contribution is -2.52. The number of aromatic nitrogens is 3. The Hall–Kier alpha value is -3.63. The number of allylic oxidation sites excluding steroid dienone is 1. The van der Waals surface area contributed by atoms with E-state index in [4.69, 9.17) is 21.6 Å². The molecule has 0 spiro atoms. The van der Waals surface area contributed by atoms with Crippen LogP contribution < -0.4 is 14.7 Å². The number of piperazine rings is 1. The molecule has 2 aliphatic heterocycles. The van der Waals surface area contributed by atoms with Gasteiger partial charge >= 0.3 is 0 Å². The van der Waals surface area contributed by atoms with E-state index in [9.17, 15) is 5.26 Å². The third kappa shape index (κ3) is 4.54. The van der Waals surface area contributed by atoms with Crippen molar-refractivity contribution in [2.45, 2.75) is 39.3 Å². The van der Waals surface area contributed by atoms with Crippen LogP contribution in [0, 0.1) is 11.3 Å². The molecule has 2 atom stereocenters. The summed E-state index contributed by atoms with van der Waals surface area (Å²) in [6.45, 7) is 8.89. The molecule has 1 aromatic carbocycles. The lowest BCUT2D eigenvalue weighted by atomic mass is 10.1. The van der Waals surface area contributed by atoms with E-state index >= 15 is 0 Å². The van der Waals surface area contributed by atoms with Crippen LogP contribution in [-0.4, -0.2) is 46.7 Å². The highest BCUT2D eigenvalue weighted by molar-refractivity contribution is 6.32. The Morgan fingerprint density at radius 1 is 1.06 bits per heavy atom. The molecule has 0 saturated carbocycles. The summed E-state index contributed by atoms with van der Waals surface area (Å²) in [7, 11) is 0. The van der Waals surface area contributed by atoms with Gasteiger partial charge < -0.3 is 14.7 Å². The predicted octanol–water partition coefficient (Wildman–Crippen LogP) is 5.28. The molecule has 1 unspecified atom stereocenters. The van der Waals surface area contributed by atoms with Crippen molar-refractivity contribution in [3.8, 4) is 17.3 Å². The Kier molecular flexibility index (Phi) is 6.31. The average Bonchev–Trinajstić information content (AvgIpc) is 3.21. The summed E-state index contributed by atoms with van der Waals surface area (Å²) in [5.41, 5.74) is 3.62. The second-order valence-corrected chi connectivity index (χ2v) is 9.61. The molecule has 0 aliphatic carbocycles. The second-order valence-electron chi connectivity index (χ2n) is 9.20. The van der Waals surface area contributed by atoms with Gasteiger partial charge in [0.15, 0.2) is 0 Å². The van der Waals surface area contributed by atoms with Crippen LogP contribution in [0.25, 0.3) is 11.3 Å². The molecular weight excluding hydrogens is 458 g/mol. The number of nitriles is 1. The van der Waals surface area contributed by atoms with E-state index in [-0.39, 0.29) is 6.04 Å². The molecular formula is C27H28ClN7. The van der Waals surface area contributed by atoms with Gasteiger partial charge in [0.05, 0.1) is 22.3 Å². The lowest BCUT2D eigenvalue weighted by molar-refractivity contribution is 0.542. The van der Waals surface area contributed by atoms with Crippen molar-refractivity contribution >= 4 is 29.2 Å². The maximum atomic E-state index is 9.20. The SMILES string of the molecule is CC1=CCC(C)N1c1nc(-c2ccc(C#N)cc2)cc(N2CCN(c3ncccc3Cl)C[C@H]2C)n1. The molecule has 0 radical (unpaired) electrons. The number of rotatable bonds is 4. The van der Waals surface area contributed by atoms with E-state index in [1.165, 1.54) is 5.70 Å². The minimum absolute atomic E-state index is 0.200. The largest absolute Gasteiger partial charge is 0.352 e. The van der Waals surface area contributed by atoms with Gasteiger partial charge in [-0.1, -0.05) is 29.8 Å². The first-order valence-electron chi connectivity index (χ1n) is 11.9. The van der Waals surface area contributed by atoms with E-state index in [2.05, 4.69) is 58.7 Å². The molecule has 3 aromatic rings. The molecule has 0 N–H and O–H groups in total. The molecule has 0 bridgehead atoms. The number of nitrogens with zero attached hydrogens (tertiary/aromatic N) is 7. The van der Waals surface area contributed by atoms with E-state index in [0.717, 1.165) is 48.9 Å². The summed E-state index contributed by atoms with van der Waals surface area (Å²) >= 11 is 6.42. The summed E-state index contributed by atoms with van der Waals surface area (Å²) in [5.74, 6) is 2.44. The third-order valence-corrected chi connectivity index (χ3v) is 7.06. The zero-order valence-corrected chi connectivity index (χ0v) is 20.9. The highest BCUT2D eigenvalue weighted by Gasteiger charge is 2.29. The number of halogens is 1. The van der Waals surface area contributed by atoms with Crippen LogP contribution in [0.1, 0.15) is 32.8 Å². The van der Waals surface area contributed by atoms with Crippen molar-refractivity contribution in [1.82, 2.24) is 15.0 Å². The molecule has 35 heavy (non-hydrogen) atoms. The number of pyridine rings is 1. The van der Waals surface area contributed by atoms with Gasteiger partial charge in [-0.25, -0.2) is 9.97 Å². The van der Waals surface area contributed by atoms with E-state index < -0.39 is 0 Å². The van der Waals surface area contributed by atoms with E-state index in [1.807, 2.05) is 36.4 Å². The fraction of sp³-hybridized carbons (Fsp3) is 0.333. The fourth-order valence-corrected chi connectivity index (χ4v) is 5.13. The first-order valence-corrected chi connectivity index (χ1v) is 12.3. The topological polar surface area (TPSA) is 72.2 Å². The van der Waals surface area contributed by atoms with Gasteiger partial charge in [-0.05, 0) is 51.5 Å². The molecule has 4 heterocycles. The molecule has 178 valence electrons. The molecule has 8 heteroatoms. The van der Waals surface area contributed by atoms with E-state index in [0.29, 0.717) is 22.6 Å². The van der Waals surface area contributed by atoms with Crippen molar-refractivity contribution in [3.63, 3.8) is 0 Å². The summed E-state index contributed by atoms with van der Waals surface area (Å²) < 4.78 is 0. The number of hydrogen-bond donors (Lipinski definition) is 0. The fourth-order valence-electron chi connectivity index (χ4n) is 4.89. The van der Waals surface area contributed by atoms with Crippen LogP contribution in [0.2, 0.25) is 5.02 Å². The maximum absolute atomic E-state index is 9.20. The predicted molar refractivity (Wildman–Crippen MR) is 141 cm³/mol. The highest BCUT2D eigenvalue weighted by atomic mass is 35.5. The zero-order chi connectivity index (χ0) is 24.5. The first-order chi connectivity index (χ1) is 16.9. The van der Waals surface area contributed by atoms with Gasteiger partial charge in [0, 0.05) is 55.2 Å². The molecule has 2 aromatic heterocycles. The van der Waals surface area contributed by atoms with Gasteiger partial charge in [0.25, 0.3) is 0 Å². The molecule has 1 fully saturated rings. The number of benzene rings is 1.